The maximum Gasteiger partial charge on any atom is 0.325 e. The third kappa shape index (κ3) is 3.11. The lowest BCUT2D eigenvalue weighted by Crippen LogP contribution is -2.47. The van der Waals surface area contributed by atoms with Gasteiger partial charge in [0.05, 0.1) is 17.7 Å². The minimum atomic E-state index is -1.06. The second-order valence-electron chi connectivity index (χ2n) is 5.91. The summed E-state index contributed by atoms with van der Waals surface area (Å²) >= 11 is 0. The second-order valence-corrected chi connectivity index (χ2v) is 5.91. The molecule has 0 radical (unpaired) electrons. The van der Waals surface area contributed by atoms with E-state index in [-0.39, 0.29) is 6.54 Å². The first-order valence-electron chi connectivity index (χ1n) is 6.64. The highest BCUT2D eigenvalue weighted by Gasteiger charge is 2.37. The number of nitrogens with two attached hydrogens (primary N) is 1. The van der Waals surface area contributed by atoms with Gasteiger partial charge in [0.15, 0.2) is 0 Å². The van der Waals surface area contributed by atoms with Gasteiger partial charge in [0.2, 0.25) is 0 Å². The molecule has 0 unspecified atom stereocenters. The molecule has 1 aromatic rings. The first-order chi connectivity index (χ1) is 9.70. The highest BCUT2D eigenvalue weighted by molar-refractivity contribution is 6.21. The first kappa shape index (κ1) is 15.2. The number of hydrogen-bond acceptors (Lipinski definition) is 5. The molecule has 6 nitrogen and oxygen atoms in total. The molecule has 1 aromatic carbocycles. The van der Waals surface area contributed by atoms with Crippen molar-refractivity contribution in [3.8, 4) is 0 Å². The van der Waals surface area contributed by atoms with Crippen LogP contribution in [0.1, 0.15) is 41.5 Å². The van der Waals surface area contributed by atoms with Gasteiger partial charge in [0, 0.05) is 0 Å². The summed E-state index contributed by atoms with van der Waals surface area (Å²) in [4.78, 5) is 37.1. The average molecular weight is 290 g/mol. The van der Waals surface area contributed by atoms with Crippen LogP contribution in [0.2, 0.25) is 0 Å². The molecular weight excluding hydrogens is 272 g/mol. The largest absolute Gasteiger partial charge is 0.459 e. The Labute approximate surface area is 122 Å². The van der Waals surface area contributed by atoms with Crippen LogP contribution in [0.15, 0.2) is 24.3 Å². The first-order valence-corrected chi connectivity index (χ1v) is 6.64. The normalized spacial score (nSPS) is 15.9. The van der Waals surface area contributed by atoms with Crippen molar-refractivity contribution >= 4 is 17.8 Å². The van der Waals surface area contributed by atoms with Crippen LogP contribution in [-0.4, -0.2) is 40.9 Å². The Morgan fingerprint density at radius 3 is 2.10 bits per heavy atom. The van der Waals surface area contributed by atoms with Crippen molar-refractivity contribution in [2.45, 2.75) is 32.4 Å². The fourth-order valence-electron chi connectivity index (χ4n) is 2.05. The van der Waals surface area contributed by atoms with Crippen molar-refractivity contribution in [1.29, 1.82) is 0 Å². The van der Waals surface area contributed by atoms with Crippen LogP contribution < -0.4 is 5.73 Å². The predicted molar refractivity (Wildman–Crippen MR) is 75.6 cm³/mol. The Morgan fingerprint density at radius 2 is 1.67 bits per heavy atom. The number of carbonyl (C=O) groups excluding carboxylic acids is 3. The molecule has 1 heterocycles. The quantitative estimate of drug-likeness (QED) is 0.661. The van der Waals surface area contributed by atoms with E-state index in [1.54, 1.807) is 45.0 Å². The number of esters is 1. The average Bonchev–Trinajstić information content (AvgIpc) is 2.62. The van der Waals surface area contributed by atoms with E-state index in [4.69, 9.17) is 10.5 Å². The molecule has 6 heteroatoms. The van der Waals surface area contributed by atoms with Crippen LogP contribution in [0.3, 0.4) is 0 Å². The Hall–Kier alpha value is -2.21. The van der Waals surface area contributed by atoms with E-state index in [0.29, 0.717) is 11.1 Å². The molecule has 2 N–H and O–H groups in total. The van der Waals surface area contributed by atoms with Gasteiger partial charge >= 0.3 is 5.97 Å². The molecule has 0 saturated carbocycles. The van der Waals surface area contributed by atoms with Crippen LogP contribution >= 0.6 is 0 Å². The molecule has 112 valence electrons. The molecule has 2 rings (SSSR count). The lowest BCUT2D eigenvalue weighted by molar-refractivity contribution is -0.156. The number of hydrogen-bond donors (Lipinski definition) is 1. The van der Waals surface area contributed by atoms with Gasteiger partial charge < -0.3 is 10.5 Å². The number of imide groups is 1. The summed E-state index contributed by atoms with van der Waals surface area (Å²) in [6, 6.07) is 5.46. The van der Waals surface area contributed by atoms with Gasteiger partial charge in [0.1, 0.15) is 11.6 Å². The lowest BCUT2D eigenvalue weighted by Gasteiger charge is -2.24. The number of fused-ring (bicyclic) bond motifs is 1. The van der Waals surface area contributed by atoms with Crippen LogP contribution in [0.25, 0.3) is 0 Å². The van der Waals surface area contributed by atoms with Crippen molar-refractivity contribution in [3.05, 3.63) is 35.4 Å². The Bertz CT molecular complexity index is 569. The summed E-state index contributed by atoms with van der Waals surface area (Å²) in [6.07, 6.45) is 0. The van der Waals surface area contributed by atoms with Gasteiger partial charge in [-0.25, -0.2) is 0 Å². The van der Waals surface area contributed by atoms with Gasteiger partial charge in [-0.05, 0) is 32.9 Å². The number of benzene rings is 1. The highest BCUT2D eigenvalue weighted by Crippen LogP contribution is 2.22. The molecule has 0 spiro atoms. The molecule has 0 saturated heterocycles. The zero-order valence-corrected chi connectivity index (χ0v) is 12.3. The van der Waals surface area contributed by atoms with Crippen LogP contribution in [-0.2, 0) is 9.53 Å². The summed E-state index contributed by atoms with van der Waals surface area (Å²) in [5, 5.41) is 0. The number of ether oxygens (including phenoxy) is 1. The summed E-state index contributed by atoms with van der Waals surface area (Å²) in [6.45, 7) is 4.97. The standard InChI is InChI=1S/C15H18N2O4/c1-15(2,3)21-14(20)11(16)8-17-12(18)9-6-4-5-7-10(9)13(17)19/h4-7,11H,8,16H2,1-3H3/t11-/m0/s1. The van der Waals surface area contributed by atoms with E-state index in [2.05, 4.69) is 0 Å². The monoisotopic (exact) mass is 290 g/mol. The summed E-state index contributed by atoms with van der Waals surface area (Å²) < 4.78 is 5.14. The van der Waals surface area contributed by atoms with E-state index in [0.717, 1.165) is 4.90 Å². The third-order valence-corrected chi connectivity index (χ3v) is 2.97. The van der Waals surface area contributed by atoms with Gasteiger partial charge in [-0.3, -0.25) is 19.3 Å². The molecule has 1 aliphatic heterocycles. The topological polar surface area (TPSA) is 89.7 Å². The molecule has 0 fully saturated rings. The molecule has 21 heavy (non-hydrogen) atoms. The zero-order chi connectivity index (χ0) is 15.8. The molecule has 0 bridgehead atoms. The van der Waals surface area contributed by atoms with Crippen molar-refractivity contribution in [3.63, 3.8) is 0 Å². The number of amides is 2. The minimum Gasteiger partial charge on any atom is -0.459 e. The molecule has 1 aliphatic rings. The van der Waals surface area contributed by atoms with Crippen LogP contribution in [0, 0.1) is 0 Å². The van der Waals surface area contributed by atoms with Gasteiger partial charge in [-0.15, -0.1) is 0 Å². The van der Waals surface area contributed by atoms with Crippen molar-refractivity contribution in [2.24, 2.45) is 5.73 Å². The molecule has 2 amide bonds. The predicted octanol–water partition coefficient (Wildman–Crippen LogP) is 0.952. The van der Waals surface area contributed by atoms with E-state index >= 15 is 0 Å². The Balaban J connectivity index is 2.10. The maximum atomic E-state index is 12.1. The van der Waals surface area contributed by atoms with Gasteiger partial charge in [0.25, 0.3) is 11.8 Å². The Morgan fingerprint density at radius 1 is 1.19 bits per heavy atom. The lowest BCUT2D eigenvalue weighted by atomic mass is 10.1. The number of rotatable bonds is 3. The van der Waals surface area contributed by atoms with Crippen LogP contribution in [0.5, 0.6) is 0 Å². The zero-order valence-electron chi connectivity index (χ0n) is 12.3. The number of nitrogens with zero attached hydrogens (tertiary/aromatic N) is 1. The fraction of sp³-hybridized carbons (Fsp3) is 0.400. The SMILES string of the molecule is CC(C)(C)OC(=O)[C@@H](N)CN1C(=O)c2ccccc2C1=O. The summed E-state index contributed by atoms with van der Waals surface area (Å²) in [5.41, 5.74) is 5.74. The maximum absolute atomic E-state index is 12.1. The van der Waals surface area contributed by atoms with Crippen molar-refractivity contribution in [1.82, 2.24) is 4.90 Å². The molecule has 0 aliphatic carbocycles. The van der Waals surface area contributed by atoms with E-state index < -0.39 is 29.4 Å². The smallest absolute Gasteiger partial charge is 0.325 e. The third-order valence-electron chi connectivity index (χ3n) is 2.97. The van der Waals surface area contributed by atoms with Crippen molar-refractivity contribution in [2.75, 3.05) is 6.54 Å². The summed E-state index contributed by atoms with van der Waals surface area (Å²) in [7, 11) is 0. The molecular formula is C15H18N2O4. The van der Waals surface area contributed by atoms with Gasteiger partial charge in [-0.2, -0.15) is 0 Å². The fourth-order valence-corrected chi connectivity index (χ4v) is 2.05. The van der Waals surface area contributed by atoms with Gasteiger partial charge in [-0.1, -0.05) is 12.1 Å². The molecule has 0 aromatic heterocycles. The summed E-state index contributed by atoms with van der Waals surface area (Å²) in [5.74, 6) is -1.51. The highest BCUT2D eigenvalue weighted by atomic mass is 16.6. The van der Waals surface area contributed by atoms with Crippen molar-refractivity contribution < 1.29 is 19.1 Å². The van der Waals surface area contributed by atoms with Crippen LogP contribution in [0.4, 0.5) is 0 Å². The van der Waals surface area contributed by atoms with E-state index in [1.807, 2.05) is 0 Å². The minimum absolute atomic E-state index is 0.193. The van der Waals surface area contributed by atoms with E-state index in [9.17, 15) is 14.4 Å². The molecule has 1 atom stereocenters. The van der Waals surface area contributed by atoms with E-state index in [1.165, 1.54) is 0 Å². The Kier molecular flexibility index (Phi) is 3.82. The second kappa shape index (κ2) is 5.29. The number of carbonyl (C=O) groups is 3.